The van der Waals surface area contributed by atoms with Crippen LogP contribution in [0.3, 0.4) is 0 Å². The Morgan fingerprint density at radius 1 is 1.12 bits per heavy atom. The zero-order valence-electron chi connectivity index (χ0n) is 27.0. The fourth-order valence-corrected chi connectivity index (χ4v) is 6.62. The monoisotopic (exact) mass is 664 g/mol. The van der Waals surface area contributed by atoms with Gasteiger partial charge in [0.25, 0.3) is 0 Å². The van der Waals surface area contributed by atoms with Crippen molar-refractivity contribution in [1.29, 1.82) is 0 Å². The number of likely N-dealkylation sites (tertiary alicyclic amines) is 1. The van der Waals surface area contributed by atoms with E-state index in [2.05, 4.69) is 11.9 Å². The Morgan fingerprint density at radius 3 is 2.48 bits per heavy atom. The minimum Gasteiger partial charge on any atom is -0.479 e. The molecule has 48 heavy (non-hydrogen) atoms. The molecule has 2 aromatic carbocycles. The summed E-state index contributed by atoms with van der Waals surface area (Å²) in [4.78, 5) is 68.6. The number of aliphatic carboxylic acids is 1. The van der Waals surface area contributed by atoms with Crippen molar-refractivity contribution < 1.29 is 43.4 Å². The fraction of sp³-hybridized carbons (Fsp3) is 0.457. The lowest BCUT2D eigenvalue weighted by Crippen LogP contribution is -2.57. The number of ether oxygens (including phenoxy) is 1. The van der Waals surface area contributed by atoms with Gasteiger partial charge in [0.05, 0.1) is 13.1 Å². The van der Waals surface area contributed by atoms with Gasteiger partial charge in [0.2, 0.25) is 17.7 Å². The molecule has 2 heterocycles. The molecular formula is C35H41FN4O8. The number of hydrogen-bond donors (Lipinski definition) is 3. The smallest absolute Gasteiger partial charge is 0.410 e. The van der Waals surface area contributed by atoms with Crippen LogP contribution in [0.5, 0.6) is 0 Å². The van der Waals surface area contributed by atoms with Gasteiger partial charge in [0.1, 0.15) is 29.5 Å². The number of benzene rings is 2. The van der Waals surface area contributed by atoms with Crippen LogP contribution in [0.1, 0.15) is 56.2 Å². The number of amides is 4. The van der Waals surface area contributed by atoms with Gasteiger partial charge >= 0.3 is 12.1 Å². The number of nitrogens with zero attached hydrogens (tertiary/aromatic N) is 3. The fourth-order valence-electron chi connectivity index (χ4n) is 6.62. The first kappa shape index (κ1) is 34.6. The van der Waals surface area contributed by atoms with E-state index < -0.39 is 71.2 Å². The molecule has 2 fully saturated rings. The second-order valence-electron chi connectivity index (χ2n) is 13.1. The van der Waals surface area contributed by atoms with Crippen LogP contribution in [0, 0.1) is 17.7 Å². The van der Waals surface area contributed by atoms with Crippen molar-refractivity contribution in [3.05, 3.63) is 83.7 Å². The van der Waals surface area contributed by atoms with Crippen molar-refractivity contribution in [3.8, 4) is 0 Å². The molecule has 2 aromatic rings. The van der Waals surface area contributed by atoms with E-state index in [0.29, 0.717) is 29.0 Å². The number of carbonyl (C=O) groups excluding carboxylic acids is 4. The molecule has 0 radical (unpaired) electrons. The van der Waals surface area contributed by atoms with Crippen molar-refractivity contribution >= 4 is 29.8 Å². The summed E-state index contributed by atoms with van der Waals surface area (Å²) in [5, 5.41) is 23.9. The summed E-state index contributed by atoms with van der Waals surface area (Å²) in [6.07, 6.45) is 0.642. The average molecular weight is 665 g/mol. The van der Waals surface area contributed by atoms with Crippen LogP contribution >= 0.6 is 0 Å². The molecular weight excluding hydrogens is 623 g/mol. The van der Waals surface area contributed by atoms with Crippen LogP contribution in [0.25, 0.3) is 0 Å². The number of hydrogen-bond acceptors (Lipinski definition) is 7. The van der Waals surface area contributed by atoms with Gasteiger partial charge in [-0.2, -0.15) is 0 Å². The minimum absolute atomic E-state index is 0.00846. The van der Waals surface area contributed by atoms with E-state index in [1.54, 1.807) is 26.0 Å². The van der Waals surface area contributed by atoms with E-state index >= 15 is 0 Å². The Kier molecular flexibility index (Phi) is 10.2. The number of aryl methyl sites for hydroxylation is 1. The van der Waals surface area contributed by atoms with E-state index in [9.17, 15) is 38.7 Å². The summed E-state index contributed by atoms with van der Waals surface area (Å²) in [6.45, 7) is 6.80. The molecule has 1 saturated heterocycles. The molecule has 5 atom stereocenters. The molecule has 1 aliphatic carbocycles. The molecule has 2 unspecified atom stereocenters. The molecule has 256 valence electrons. The van der Waals surface area contributed by atoms with Crippen molar-refractivity contribution in [2.45, 2.75) is 82.8 Å². The van der Waals surface area contributed by atoms with Gasteiger partial charge in [-0.25, -0.2) is 19.0 Å². The first-order valence-corrected chi connectivity index (χ1v) is 16.1. The number of rotatable bonds is 12. The van der Waals surface area contributed by atoms with Crippen molar-refractivity contribution in [2.75, 3.05) is 6.54 Å². The quantitative estimate of drug-likeness (QED) is 0.176. The highest BCUT2D eigenvalue weighted by Gasteiger charge is 2.61. The molecule has 0 aromatic heterocycles. The van der Waals surface area contributed by atoms with E-state index in [-0.39, 0.29) is 38.9 Å². The second-order valence-corrected chi connectivity index (χ2v) is 13.1. The number of fused-ring (bicyclic) bond motifs is 1. The summed E-state index contributed by atoms with van der Waals surface area (Å²) in [6, 6.07) is 11.5. The number of nitrogens with one attached hydrogen (secondary N) is 1. The first-order chi connectivity index (χ1) is 22.9. The predicted molar refractivity (Wildman–Crippen MR) is 169 cm³/mol. The van der Waals surface area contributed by atoms with Crippen LogP contribution in [0.4, 0.5) is 9.18 Å². The van der Waals surface area contributed by atoms with Gasteiger partial charge in [-0.3, -0.25) is 24.5 Å². The van der Waals surface area contributed by atoms with Crippen LogP contribution in [-0.2, 0) is 43.4 Å². The van der Waals surface area contributed by atoms with Gasteiger partial charge in [0, 0.05) is 30.9 Å². The largest absolute Gasteiger partial charge is 0.479 e. The number of carboxylic acids is 1. The maximum atomic E-state index is 14.3. The Balaban J connectivity index is 1.31. The molecule has 3 aliphatic rings. The number of hydroxylamine groups is 2. The zero-order chi connectivity index (χ0) is 34.7. The molecule has 0 bridgehead atoms. The summed E-state index contributed by atoms with van der Waals surface area (Å²) >= 11 is 0. The summed E-state index contributed by atoms with van der Waals surface area (Å²) < 4.78 is 20.0. The molecule has 5 rings (SSSR count). The summed E-state index contributed by atoms with van der Waals surface area (Å²) in [5.41, 5.74) is 0.465. The van der Waals surface area contributed by atoms with Gasteiger partial charge in [-0.1, -0.05) is 62.4 Å². The number of carboxylic acid groups (broad SMARTS) is 1. The van der Waals surface area contributed by atoms with E-state index in [1.165, 1.54) is 17.0 Å². The van der Waals surface area contributed by atoms with Crippen molar-refractivity contribution in [1.82, 2.24) is 20.2 Å². The van der Waals surface area contributed by atoms with E-state index in [0.717, 1.165) is 10.5 Å². The lowest BCUT2D eigenvalue weighted by molar-refractivity contribution is -0.188. The maximum absolute atomic E-state index is 14.3. The SMILES string of the molecule is C=C[C@@H]1CC1(NC(=O)[C@@H]1C[C@@H](OC(=O)N2Cc3cccc(F)c3C2)CN1C(=O)C(C(C)C)N(O)C(=O)CCCc1ccccc1)C(=O)O. The minimum atomic E-state index is -1.58. The molecule has 0 spiro atoms. The molecule has 3 N–H and O–H groups in total. The predicted octanol–water partition coefficient (Wildman–Crippen LogP) is 3.66. The summed E-state index contributed by atoms with van der Waals surface area (Å²) in [7, 11) is 0. The van der Waals surface area contributed by atoms with Gasteiger partial charge in [0.15, 0.2) is 0 Å². The Bertz CT molecular complexity index is 1590. The third-order valence-electron chi connectivity index (χ3n) is 9.43. The average Bonchev–Trinajstić information content (AvgIpc) is 3.36. The zero-order valence-corrected chi connectivity index (χ0v) is 27.0. The molecule has 1 saturated carbocycles. The van der Waals surface area contributed by atoms with Gasteiger partial charge < -0.3 is 20.1 Å². The summed E-state index contributed by atoms with van der Waals surface area (Å²) in [5.74, 6) is -4.97. The third-order valence-corrected chi connectivity index (χ3v) is 9.43. The highest BCUT2D eigenvalue weighted by molar-refractivity contribution is 5.96. The van der Waals surface area contributed by atoms with E-state index in [1.807, 2.05) is 30.3 Å². The first-order valence-electron chi connectivity index (χ1n) is 16.1. The lowest BCUT2D eigenvalue weighted by atomic mass is 10.0. The third kappa shape index (κ3) is 7.05. The van der Waals surface area contributed by atoms with Crippen LogP contribution in [0.2, 0.25) is 0 Å². The Morgan fingerprint density at radius 2 is 1.85 bits per heavy atom. The Labute approximate surface area is 278 Å². The number of halogens is 1. The Hall–Kier alpha value is -4.78. The highest BCUT2D eigenvalue weighted by atomic mass is 19.1. The normalized spacial score (nSPS) is 23.3. The van der Waals surface area contributed by atoms with E-state index in [4.69, 9.17) is 4.74 Å². The molecule has 12 nitrogen and oxygen atoms in total. The molecule has 13 heteroatoms. The lowest BCUT2D eigenvalue weighted by Gasteiger charge is -2.34. The van der Waals surface area contributed by atoms with Gasteiger partial charge in [-0.05, 0) is 42.4 Å². The highest BCUT2D eigenvalue weighted by Crippen LogP contribution is 2.45. The number of carbonyl (C=O) groups is 5. The second kappa shape index (κ2) is 14.1. The van der Waals surface area contributed by atoms with Gasteiger partial charge in [-0.15, -0.1) is 6.58 Å². The molecule has 4 amide bonds. The van der Waals surface area contributed by atoms with Crippen LogP contribution in [-0.4, -0.2) is 85.2 Å². The van der Waals surface area contributed by atoms with Crippen LogP contribution < -0.4 is 5.32 Å². The maximum Gasteiger partial charge on any atom is 0.410 e. The van der Waals surface area contributed by atoms with Crippen LogP contribution in [0.15, 0.2) is 61.2 Å². The van der Waals surface area contributed by atoms with Crippen molar-refractivity contribution in [3.63, 3.8) is 0 Å². The standard InChI is InChI=1S/C35H41FN4O8/c1-4-24-17-35(24,33(44)45)37-31(42)28-16-25(48-34(46)38-18-23-13-9-14-27(36)26(23)20-38)19-39(28)32(43)30(21(2)3)40(47)29(41)15-8-12-22-10-6-5-7-11-22/h4-7,9-11,13-14,21,24-25,28,30,47H,1,8,12,15-20H2,2-3H3,(H,37,42)(H,44,45)/t24-,25-,28+,30?,35?/m1/s1. The topological polar surface area (TPSA) is 157 Å². The van der Waals surface area contributed by atoms with Crippen molar-refractivity contribution in [2.24, 2.45) is 11.8 Å². The molecule has 2 aliphatic heterocycles.